The number of β-amino-alcohol motifs (C(OH)–C–C–N with tert-alkyl or cyclic N) is 2. The van der Waals surface area contributed by atoms with E-state index in [1.54, 1.807) is 0 Å². The number of fused-ring (bicyclic) bond motifs is 2. The van der Waals surface area contributed by atoms with Crippen molar-refractivity contribution in [1.29, 1.82) is 0 Å². The third kappa shape index (κ3) is 6.57. The lowest BCUT2D eigenvalue weighted by molar-refractivity contribution is -0.150. The van der Waals surface area contributed by atoms with E-state index in [2.05, 4.69) is 41.0 Å². The van der Waals surface area contributed by atoms with Gasteiger partial charge in [0.2, 0.25) is 0 Å². The molecule has 2 heterocycles. The summed E-state index contributed by atoms with van der Waals surface area (Å²) in [4.78, 5) is 17.2. The molecule has 3 aliphatic rings. The maximum absolute atomic E-state index is 13.0. The number of carbonyl (C=O) groups is 1. The first-order chi connectivity index (χ1) is 19.0. The molecule has 1 fully saturated rings. The molecule has 212 valence electrons. The molecule has 0 saturated heterocycles. The Hall–Kier alpha value is -2.65. The third-order valence-electron chi connectivity index (χ3n) is 8.50. The SMILES string of the molecule is CC(CCC(=O)OC1CCCCC1)(c1ccc2c(c1)CN(CCO)CO2)c1ccc2c(c1)CN(CCO)CO2. The van der Waals surface area contributed by atoms with Crippen LogP contribution >= 0.6 is 0 Å². The summed E-state index contributed by atoms with van der Waals surface area (Å²) in [5.74, 6) is 1.61. The zero-order valence-corrected chi connectivity index (χ0v) is 23.1. The van der Waals surface area contributed by atoms with Crippen molar-refractivity contribution in [3.8, 4) is 11.5 Å². The number of carbonyl (C=O) groups excluding carboxylic acids is 1. The Kier molecular flexibility index (Phi) is 9.07. The second-order valence-electron chi connectivity index (χ2n) is 11.3. The maximum atomic E-state index is 13.0. The number of benzene rings is 2. The van der Waals surface area contributed by atoms with E-state index < -0.39 is 5.41 Å². The number of hydrogen-bond donors (Lipinski definition) is 2. The fourth-order valence-corrected chi connectivity index (χ4v) is 6.07. The zero-order chi connectivity index (χ0) is 27.2. The van der Waals surface area contributed by atoms with Crippen molar-refractivity contribution < 1.29 is 29.2 Å². The fraction of sp³-hybridized carbons (Fsp3) is 0.581. The molecule has 0 unspecified atom stereocenters. The zero-order valence-electron chi connectivity index (χ0n) is 23.1. The molecule has 0 atom stereocenters. The standard InChI is InChI=1S/C31H42N2O6/c1-31(12-11-30(36)39-27-5-3-2-4-6-27,25-7-9-28-23(17-25)19-32(13-15-34)21-37-28)26-8-10-29-24(18-26)20-33(14-16-35)22-38-29/h7-10,17-18,27,34-35H,2-6,11-16,19-22H2,1H3. The number of aliphatic hydroxyl groups is 2. The molecule has 1 saturated carbocycles. The molecular weight excluding hydrogens is 496 g/mol. The topological polar surface area (TPSA) is 91.7 Å². The highest BCUT2D eigenvalue weighted by molar-refractivity contribution is 5.70. The van der Waals surface area contributed by atoms with Crippen molar-refractivity contribution in [3.63, 3.8) is 0 Å². The van der Waals surface area contributed by atoms with Gasteiger partial charge in [0.25, 0.3) is 0 Å². The Balaban J connectivity index is 1.43. The maximum Gasteiger partial charge on any atom is 0.306 e. The van der Waals surface area contributed by atoms with E-state index in [4.69, 9.17) is 14.2 Å². The van der Waals surface area contributed by atoms with Gasteiger partial charge in [0.05, 0.1) is 13.2 Å². The van der Waals surface area contributed by atoms with Gasteiger partial charge in [-0.1, -0.05) is 25.5 Å². The molecule has 8 nitrogen and oxygen atoms in total. The van der Waals surface area contributed by atoms with E-state index in [9.17, 15) is 15.0 Å². The summed E-state index contributed by atoms with van der Waals surface area (Å²) in [5, 5.41) is 18.8. The van der Waals surface area contributed by atoms with Crippen LogP contribution in [0.15, 0.2) is 36.4 Å². The average Bonchev–Trinajstić information content (AvgIpc) is 2.96. The molecule has 2 aromatic carbocycles. The van der Waals surface area contributed by atoms with Gasteiger partial charge < -0.3 is 24.4 Å². The van der Waals surface area contributed by atoms with Gasteiger partial charge in [0, 0.05) is 49.1 Å². The summed E-state index contributed by atoms with van der Waals surface area (Å²) in [6.45, 7) is 5.84. The highest BCUT2D eigenvalue weighted by atomic mass is 16.5. The molecule has 2 aliphatic heterocycles. The smallest absolute Gasteiger partial charge is 0.306 e. The summed E-state index contributed by atoms with van der Waals surface area (Å²) in [7, 11) is 0. The Morgan fingerprint density at radius 2 is 1.44 bits per heavy atom. The van der Waals surface area contributed by atoms with Crippen molar-refractivity contribution in [3.05, 3.63) is 58.7 Å². The average molecular weight is 539 g/mol. The Labute approximate surface area is 231 Å². The Bertz CT molecular complexity index is 1060. The Morgan fingerprint density at radius 1 is 0.897 bits per heavy atom. The van der Waals surface area contributed by atoms with Gasteiger partial charge in [-0.3, -0.25) is 14.6 Å². The minimum Gasteiger partial charge on any atom is -0.478 e. The van der Waals surface area contributed by atoms with Crippen molar-refractivity contribution in [1.82, 2.24) is 9.80 Å². The van der Waals surface area contributed by atoms with Crippen LogP contribution < -0.4 is 9.47 Å². The molecule has 8 heteroatoms. The number of esters is 1. The van der Waals surface area contributed by atoms with Gasteiger partial charge in [0.1, 0.15) is 31.1 Å². The minimum atomic E-state index is -0.450. The normalized spacial score (nSPS) is 18.5. The molecule has 39 heavy (non-hydrogen) atoms. The Morgan fingerprint density at radius 3 is 1.95 bits per heavy atom. The van der Waals surface area contributed by atoms with E-state index in [0.717, 1.165) is 59.4 Å². The highest BCUT2D eigenvalue weighted by Crippen LogP contribution is 2.41. The highest BCUT2D eigenvalue weighted by Gasteiger charge is 2.33. The number of rotatable bonds is 10. The van der Waals surface area contributed by atoms with Crippen LogP contribution in [0.4, 0.5) is 0 Å². The van der Waals surface area contributed by atoms with Crippen LogP contribution in [0.2, 0.25) is 0 Å². The van der Waals surface area contributed by atoms with Crippen molar-refractivity contribution >= 4 is 5.97 Å². The summed E-state index contributed by atoms with van der Waals surface area (Å²) in [5.41, 5.74) is 3.95. The van der Waals surface area contributed by atoms with Crippen LogP contribution in [0, 0.1) is 0 Å². The van der Waals surface area contributed by atoms with Crippen molar-refractivity contribution in [2.75, 3.05) is 39.8 Å². The molecule has 0 bridgehead atoms. The van der Waals surface area contributed by atoms with Gasteiger partial charge in [-0.2, -0.15) is 0 Å². The fourth-order valence-electron chi connectivity index (χ4n) is 6.07. The summed E-state index contributed by atoms with van der Waals surface area (Å²) in [6, 6.07) is 12.7. The predicted octanol–water partition coefficient (Wildman–Crippen LogP) is 3.94. The predicted molar refractivity (Wildman–Crippen MR) is 148 cm³/mol. The quantitative estimate of drug-likeness (QED) is 0.440. The molecule has 2 N–H and O–H groups in total. The first-order valence-electron chi connectivity index (χ1n) is 14.4. The second-order valence-corrected chi connectivity index (χ2v) is 11.3. The van der Waals surface area contributed by atoms with Gasteiger partial charge in [0.15, 0.2) is 0 Å². The van der Waals surface area contributed by atoms with E-state index in [-0.39, 0.29) is 25.3 Å². The molecule has 1 aliphatic carbocycles. The van der Waals surface area contributed by atoms with E-state index in [1.807, 2.05) is 12.1 Å². The van der Waals surface area contributed by atoms with Crippen LogP contribution in [0.3, 0.4) is 0 Å². The molecule has 0 spiro atoms. The number of hydrogen-bond acceptors (Lipinski definition) is 8. The third-order valence-corrected chi connectivity index (χ3v) is 8.50. The molecule has 0 aromatic heterocycles. The van der Waals surface area contributed by atoms with Crippen molar-refractivity contribution in [2.45, 2.75) is 76.5 Å². The molecular formula is C31H42N2O6. The van der Waals surface area contributed by atoms with Gasteiger partial charge in [-0.15, -0.1) is 0 Å². The van der Waals surface area contributed by atoms with Crippen LogP contribution in [0.1, 0.15) is 74.1 Å². The van der Waals surface area contributed by atoms with E-state index in [0.29, 0.717) is 52.5 Å². The molecule has 0 radical (unpaired) electrons. The lowest BCUT2D eigenvalue weighted by Gasteiger charge is -2.35. The van der Waals surface area contributed by atoms with Gasteiger partial charge >= 0.3 is 5.97 Å². The molecule has 2 aromatic rings. The number of ether oxygens (including phenoxy) is 3. The summed E-state index contributed by atoms with van der Waals surface area (Å²) in [6.07, 6.45) is 6.41. The lowest BCUT2D eigenvalue weighted by Crippen LogP contribution is -2.35. The van der Waals surface area contributed by atoms with Crippen LogP contribution in [-0.4, -0.2) is 71.9 Å². The number of aliphatic hydroxyl groups excluding tert-OH is 2. The largest absolute Gasteiger partial charge is 0.478 e. The molecule has 5 rings (SSSR count). The molecule has 0 amide bonds. The van der Waals surface area contributed by atoms with E-state index >= 15 is 0 Å². The monoisotopic (exact) mass is 538 g/mol. The first kappa shape index (κ1) is 27.9. The van der Waals surface area contributed by atoms with E-state index in [1.165, 1.54) is 6.42 Å². The number of nitrogens with zero attached hydrogens (tertiary/aromatic N) is 2. The summed E-state index contributed by atoms with van der Waals surface area (Å²) < 4.78 is 17.8. The van der Waals surface area contributed by atoms with Gasteiger partial charge in [-0.25, -0.2) is 0 Å². The van der Waals surface area contributed by atoms with Gasteiger partial charge in [-0.05, 0) is 67.5 Å². The van der Waals surface area contributed by atoms with Crippen LogP contribution in [0.25, 0.3) is 0 Å². The second kappa shape index (κ2) is 12.7. The first-order valence-corrected chi connectivity index (χ1v) is 14.4. The minimum absolute atomic E-state index is 0.0503. The lowest BCUT2D eigenvalue weighted by atomic mass is 9.72. The van der Waals surface area contributed by atoms with Crippen LogP contribution in [-0.2, 0) is 28.0 Å². The van der Waals surface area contributed by atoms with Crippen molar-refractivity contribution in [2.24, 2.45) is 0 Å². The summed E-state index contributed by atoms with van der Waals surface area (Å²) >= 11 is 0. The van der Waals surface area contributed by atoms with Crippen LogP contribution in [0.5, 0.6) is 11.5 Å².